The fourth-order valence-corrected chi connectivity index (χ4v) is 6.47. The Kier molecular flexibility index (Phi) is 24.6. The Bertz CT molecular complexity index is 724. The van der Waals surface area contributed by atoms with Gasteiger partial charge in [-0.3, -0.25) is 20.2 Å². The fraction of sp³-hybridized carbons (Fsp3) is 0.909. The van der Waals surface area contributed by atoms with Gasteiger partial charge in [0.2, 0.25) is 11.8 Å². The zero-order valence-electron chi connectivity index (χ0n) is 23.1. The summed E-state index contributed by atoms with van der Waals surface area (Å²) in [6, 6.07) is 0.697. The van der Waals surface area contributed by atoms with Crippen LogP contribution < -0.4 is 21.3 Å². The van der Waals surface area contributed by atoms with Gasteiger partial charge in [0.25, 0.3) is 0 Å². The molecule has 39 heavy (non-hydrogen) atoms. The minimum absolute atomic E-state index is 0.0525. The van der Waals surface area contributed by atoms with Crippen molar-refractivity contribution in [2.45, 2.75) is 62.2 Å². The number of hydrogen-bond acceptors (Lipinski definition) is 11. The van der Waals surface area contributed by atoms with Crippen LogP contribution in [-0.2, 0) is 28.5 Å². The molecule has 4 atom stereocenters. The number of rotatable bonds is 22. The zero-order chi connectivity index (χ0) is 29.4. The predicted molar refractivity (Wildman–Crippen MR) is 180 cm³/mol. The first-order valence-electron chi connectivity index (χ1n) is 13.4. The van der Waals surface area contributed by atoms with E-state index >= 15 is 0 Å². The first-order chi connectivity index (χ1) is 19.4. The summed E-state index contributed by atoms with van der Waals surface area (Å²) in [5.74, 6) is 1.19. The Morgan fingerprint density at radius 3 is 2.23 bits per heavy atom. The van der Waals surface area contributed by atoms with Crippen molar-refractivity contribution >= 4 is 85.0 Å². The van der Waals surface area contributed by atoms with Crippen LogP contribution in [0.5, 0.6) is 0 Å². The van der Waals surface area contributed by atoms with Crippen molar-refractivity contribution in [1.82, 2.24) is 21.3 Å². The van der Waals surface area contributed by atoms with Crippen molar-refractivity contribution in [1.29, 1.82) is 4.16 Å². The summed E-state index contributed by atoms with van der Waals surface area (Å²) < 4.78 is 39.7. The molecule has 12 nitrogen and oxygen atoms in total. The first-order valence-corrected chi connectivity index (χ1v) is 24.2. The number of hydrogen-bond donors (Lipinski definition) is 6. The van der Waals surface area contributed by atoms with Crippen LogP contribution in [0.4, 0.5) is 0 Å². The van der Waals surface area contributed by atoms with Crippen LogP contribution in [0.1, 0.15) is 38.5 Å². The molecule has 228 valence electrons. The van der Waals surface area contributed by atoms with Crippen molar-refractivity contribution < 1.29 is 33.6 Å². The van der Waals surface area contributed by atoms with E-state index < -0.39 is 40.2 Å². The number of fused-ring (bicyclic) bond motifs is 1. The van der Waals surface area contributed by atoms with Gasteiger partial charge in [0.15, 0.2) is 6.35 Å². The molecule has 0 saturated carbocycles. The van der Waals surface area contributed by atoms with Crippen LogP contribution in [0.15, 0.2) is 0 Å². The van der Waals surface area contributed by atoms with Crippen LogP contribution in [0, 0.1) is 3.56 Å². The van der Waals surface area contributed by atoms with E-state index in [0.29, 0.717) is 85.9 Å². The molecule has 0 aromatic carbocycles. The van der Waals surface area contributed by atoms with Crippen LogP contribution in [0.2, 0.25) is 0 Å². The molecule has 2 amide bonds. The molecule has 0 spiro atoms. The molecule has 2 rings (SSSR count). The van der Waals surface area contributed by atoms with E-state index in [2.05, 4.69) is 21.3 Å². The third-order valence-electron chi connectivity index (χ3n) is 5.70. The molecule has 2 heterocycles. The Labute approximate surface area is 266 Å². The number of aliphatic hydroxyl groups is 1. The van der Waals surface area contributed by atoms with Gasteiger partial charge in [-0.1, -0.05) is 29.0 Å². The number of thioether (sulfide) groups is 1. The molecule has 0 aliphatic carbocycles. The van der Waals surface area contributed by atoms with Crippen molar-refractivity contribution in [3.8, 4) is 0 Å². The van der Waals surface area contributed by atoms with Gasteiger partial charge in [0, 0.05) is 55.8 Å². The summed E-state index contributed by atoms with van der Waals surface area (Å²) in [5, 5.41) is 22.9. The maximum atomic E-state index is 12.0. The molecule has 0 bridgehead atoms. The SMILES string of the molecule is O=C(CI)NCCCOCCOCCOCCCNC(=O)CCCCC1SCC2NC(O)NC21.[3H]I(B=O)I=N. The molecule has 17 heteroatoms. The van der Waals surface area contributed by atoms with Gasteiger partial charge in [0.1, 0.15) is 0 Å². The number of ether oxygens (including phenoxy) is 3. The van der Waals surface area contributed by atoms with E-state index in [0.717, 1.165) is 37.9 Å². The first kappa shape index (κ1) is 36.1. The van der Waals surface area contributed by atoms with E-state index in [1.807, 2.05) is 34.4 Å². The number of halogens is 3. The summed E-state index contributed by atoms with van der Waals surface area (Å²) in [7, 11) is 0. The van der Waals surface area contributed by atoms with Crippen molar-refractivity contribution in [3.63, 3.8) is 0 Å². The van der Waals surface area contributed by atoms with Gasteiger partial charge >= 0.3 is 47.7 Å². The van der Waals surface area contributed by atoms with Gasteiger partial charge in [0.05, 0.1) is 30.9 Å². The second kappa shape index (κ2) is 26.5. The minimum atomic E-state index is -1.95. The van der Waals surface area contributed by atoms with Crippen molar-refractivity contribution in [2.75, 3.05) is 62.9 Å². The average Bonchev–Trinajstić information content (AvgIpc) is 3.51. The molecule has 0 aromatic rings. The average molecular weight is 915 g/mol. The second-order valence-electron chi connectivity index (χ2n) is 8.61. The van der Waals surface area contributed by atoms with Crippen LogP contribution in [-0.4, -0.2) is 109 Å². The van der Waals surface area contributed by atoms with Gasteiger partial charge in [-0.05, 0) is 25.7 Å². The standard InChI is InChI=1S/C22H41IN4O6S.BH2I2NO/c23-15-20(29)25-8-4-10-32-12-14-33-13-11-31-9-3-7-24-19(28)6-2-1-5-18-21-17(16-34-18)26-22(30)27-21;4-3-2-1-5/h17-18,21-22,26-27,30H,1-16H2,(H,24,28)(H,25,29);2,4H/i;2T. The van der Waals surface area contributed by atoms with Crippen LogP contribution in [0.25, 0.3) is 0 Å². The Morgan fingerprint density at radius 1 is 1.05 bits per heavy atom. The van der Waals surface area contributed by atoms with E-state index in [9.17, 15) is 19.4 Å². The van der Waals surface area contributed by atoms with Crippen molar-refractivity contribution in [3.05, 3.63) is 0 Å². The number of aliphatic hydroxyl groups excluding tert-OH is 1. The fourth-order valence-electron chi connectivity index (χ4n) is 3.89. The normalized spacial score (nSPS) is 22.2. The second-order valence-corrected chi connectivity index (χ2v) is 17.9. The maximum absolute atomic E-state index is 12.0. The Hall–Kier alpha value is 0.905. The number of unbranched alkanes of at least 4 members (excludes halogenated alkanes) is 1. The van der Waals surface area contributed by atoms with Crippen LogP contribution >= 0.6 is 68.2 Å². The van der Waals surface area contributed by atoms with Gasteiger partial charge in [-0.15, -0.1) is 0 Å². The van der Waals surface area contributed by atoms with E-state index in [-0.39, 0.29) is 11.8 Å². The molecule has 2 fully saturated rings. The third-order valence-corrected chi connectivity index (χ3v) is 11.2. The van der Waals surface area contributed by atoms with Crippen molar-refractivity contribution in [2.24, 2.45) is 0 Å². The molecular formula is C22H43BI3N5O7S. The van der Waals surface area contributed by atoms with Gasteiger partial charge < -0.3 is 30.0 Å². The number of amides is 2. The van der Waals surface area contributed by atoms with Gasteiger partial charge in [-0.2, -0.15) is 11.8 Å². The monoisotopic (exact) mass is 915 g/mol. The molecule has 2 aliphatic heterocycles. The summed E-state index contributed by atoms with van der Waals surface area (Å²) in [6.07, 6.45) is 4.55. The summed E-state index contributed by atoms with van der Waals surface area (Å²) in [5.41, 5.74) is 0. The number of carbonyl (C=O) groups is 2. The summed E-state index contributed by atoms with van der Waals surface area (Å²) in [6.45, 7) is 4.57. The Balaban J connectivity index is 0.00000120. The molecule has 2 aliphatic rings. The van der Waals surface area contributed by atoms with E-state index in [4.69, 9.17) is 18.4 Å². The van der Waals surface area contributed by atoms with E-state index in [1.54, 1.807) is 0 Å². The Morgan fingerprint density at radius 2 is 1.67 bits per heavy atom. The molecule has 0 radical (unpaired) electrons. The molecule has 0 aromatic heterocycles. The molecule has 4 unspecified atom stereocenters. The number of alkyl halides is 1. The number of nitrogens with one attached hydrogen (secondary N) is 5. The quantitative estimate of drug-likeness (QED) is 0.0407. The number of carbonyl (C=O) groups excluding carboxylic acids is 2. The zero-order valence-corrected chi connectivity index (χ0v) is 29.4. The molecule has 2 saturated heterocycles. The van der Waals surface area contributed by atoms with E-state index in [1.165, 1.54) is 0 Å². The third kappa shape index (κ3) is 20.4. The summed E-state index contributed by atoms with van der Waals surface area (Å²) >= 11 is 1.28. The molecule has 6 N–H and O–H groups in total. The van der Waals surface area contributed by atoms with Crippen LogP contribution in [0.3, 0.4) is 0 Å². The topological polar surface area (TPSA) is 171 Å². The predicted octanol–water partition coefficient (Wildman–Crippen LogP) is 1.67. The molecular weight excluding hydrogens is 870 g/mol. The summed E-state index contributed by atoms with van der Waals surface area (Å²) in [4.78, 5) is 23.0. The van der Waals surface area contributed by atoms with Gasteiger partial charge in [-0.25, -0.2) is 0 Å².